The molecule has 0 heterocycles. The van der Waals surface area contributed by atoms with Gasteiger partial charge in [-0.05, 0) is 36.2 Å². The highest BCUT2D eigenvalue weighted by atomic mass is 16.1. The van der Waals surface area contributed by atoms with Crippen LogP contribution in [0.4, 0.5) is 5.69 Å². The molecule has 0 radical (unpaired) electrons. The number of aldehydes is 1. The molecule has 0 aliphatic rings. The maximum Gasteiger partial charge on any atom is 0.211 e. The van der Waals surface area contributed by atoms with Crippen LogP contribution in [0.25, 0.3) is 0 Å². The minimum Gasteiger partial charge on any atom is -0.396 e. The van der Waals surface area contributed by atoms with E-state index >= 15 is 0 Å². The normalized spacial score (nSPS) is 12.2. The van der Waals surface area contributed by atoms with Gasteiger partial charge < -0.3 is 16.4 Å². The average molecular weight is 409 g/mol. The van der Waals surface area contributed by atoms with Crippen molar-refractivity contribution in [1.29, 1.82) is 5.41 Å². The Labute approximate surface area is 179 Å². The summed E-state index contributed by atoms with van der Waals surface area (Å²) in [6, 6.07) is 15.8. The number of likely N-dealkylation sites (N-methyl/N-ethyl adjacent to an activating group) is 1. The Hall–Kier alpha value is -3.25. The molecule has 0 spiro atoms. The predicted molar refractivity (Wildman–Crippen MR) is 124 cm³/mol. The summed E-state index contributed by atoms with van der Waals surface area (Å²) in [6.45, 7) is 6.64. The van der Waals surface area contributed by atoms with Gasteiger partial charge in [0.1, 0.15) is 0 Å². The second-order valence-electron chi connectivity index (χ2n) is 7.14. The highest BCUT2D eigenvalue weighted by molar-refractivity contribution is 6.13. The number of carbonyl (C=O) groups is 2. The van der Waals surface area contributed by atoms with E-state index in [1.54, 1.807) is 31.3 Å². The van der Waals surface area contributed by atoms with Crippen molar-refractivity contribution in [1.82, 2.24) is 5.32 Å². The van der Waals surface area contributed by atoms with Crippen LogP contribution < -0.4 is 16.4 Å². The van der Waals surface area contributed by atoms with Crippen LogP contribution >= 0.6 is 0 Å². The third kappa shape index (κ3) is 7.29. The number of benzene rings is 2. The van der Waals surface area contributed by atoms with E-state index in [1.165, 1.54) is 6.42 Å². The third-order valence-corrected chi connectivity index (χ3v) is 4.63. The number of allylic oxidation sites excluding steroid dienone is 1. The largest absolute Gasteiger partial charge is 0.396 e. The molecule has 0 bridgehead atoms. The molecule has 0 aromatic heterocycles. The van der Waals surface area contributed by atoms with Gasteiger partial charge in [-0.3, -0.25) is 15.0 Å². The molecule has 1 atom stereocenters. The zero-order valence-electron chi connectivity index (χ0n) is 18.1. The molecule has 5 N–H and O–H groups in total. The Kier molecular flexibility index (Phi) is 10.8. The standard InChI is InChI=1S/C19H20N4O2.C5H12/c1-22-19(14-7-9-15(10-8-14)23-12-25)17(16(20)11-24)18(21)13-5-3-2-4-6-13;1-4-5(2)3/h2-12,19,21-22H,20H2,1H3,(H,23,25);5H,4H2,1-3H3/b17-16+,21-18?;. The lowest BCUT2D eigenvalue weighted by atomic mass is 9.90. The van der Waals surface area contributed by atoms with Crippen LogP contribution in [0.3, 0.4) is 0 Å². The zero-order valence-corrected chi connectivity index (χ0v) is 18.1. The smallest absolute Gasteiger partial charge is 0.211 e. The van der Waals surface area contributed by atoms with Crippen LogP contribution in [0.5, 0.6) is 0 Å². The summed E-state index contributed by atoms with van der Waals surface area (Å²) in [5.41, 5.74) is 8.65. The fourth-order valence-electron chi connectivity index (χ4n) is 2.60. The van der Waals surface area contributed by atoms with Crippen molar-refractivity contribution in [2.45, 2.75) is 33.2 Å². The lowest BCUT2D eigenvalue weighted by molar-refractivity contribution is -0.106. The van der Waals surface area contributed by atoms with Crippen LogP contribution in [-0.4, -0.2) is 25.5 Å². The first-order valence-electron chi connectivity index (χ1n) is 9.96. The average Bonchev–Trinajstić information content (AvgIpc) is 2.78. The van der Waals surface area contributed by atoms with E-state index in [1.807, 2.05) is 30.3 Å². The summed E-state index contributed by atoms with van der Waals surface area (Å²) in [5, 5.41) is 14.2. The monoisotopic (exact) mass is 408 g/mol. The summed E-state index contributed by atoms with van der Waals surface area (Å²) in [6.07, 6.45) is 2.46. The van der Waals surface area contributed by atoms with Crippen molar-refractivity contribution in [3.8, 4) is 0 Å². The van der Waals surface area contributed by atoms with Crippen molar-refractivity contribution in [2.75, 3.05) is 12.4 Å². The molecule has 2 aromatic rings. The van der Waals surface area contributed by atoms with Crippen LogP contribution in [0.2, 0.25) is 0 Å². The molecule has 0 fully saturated rings. The van der Waals surface area contributed by atoms with E-state index < -0.39 is 6.04 Å². The van der Waals surface area contributed by atoms with Crippen molar-refractivity contribution >= 4 is 24.1 Å². The number of hydrogen-bond acceptors (Lipinski definition) is 5. The topological polar surface area (TPSA) is 108 Å². The Morgan fingerprint density at radius 1 is 1.07 bits per heavy atom. The van der Waals surface area contributed by atoms with Gasteiger partial charge >= 0.3 is 0 Å². The molecule has 2 aromatic carbocycles. The molecule has 0 aliphatic carbocycles. The van der Waals surface area contributed by atoms with Gasteiger partial charge in [-0.15, -0.1) is 0 Å². The molecule has 6 heteroatoms. The van der Waals surface area contributed by atoms with Crippen molar-refractivity contribution in [3.05, 3.63) is 77.0 Å². The lowest BCUT2D eigenvalue weighted by Crippen LogP contribution is -2.27. The van der Waals surface area contributed by atoms with E-state index in [0.717, 1.165) is 11.5 Å². The predicted octanol–water partition coefficient (Wildman–Crippen LogP) is 4.05. The fraction of sp³-hybridized carbons (Fsp3) is 0.292. The fourth-order valence-corrected chi connectivity index (χ4v) is 2.60. The van der Waals surface area contributed by atoms with Crippen LogP contribution in [-0.2, 0) is 9.59 Å². The Morgan fingerprint density at radius 2 is 1.63 bits per heavy atom. The number of carbonyl (C=O) groups excluding carboxylic acids is 2. The van der Waals surface area contributed by atoms with Gasteiger partial charge in [-0.1, -0.05) is 69.7 Å². The number of amides is 1. The summed E-state index contributed by atoms with van der Waals surface area (Å²) in [4.78, 5) is 21.8. The number of rotatable bonds is 9. The summed E-state index contributed by atoms with van der Waals surface area (Å²) >= 11 is 0. The number of anilines is 1. The van der Waals surface area contributed by atoms with Crippen LogP contribution in [0, 0.1) is 11.3 Å². The zero-order chi connectivity index (χ0) is 22.5. The summed E-state index contributed by atoms with van der Waals surface area (Å²) < 4.78 is 0. The van der Waals surface area contributed by atoms with Crippen LogP contribution in [0.1, 0.15) is 44.4 Å². The third-order valence-electron chi connectivity index (χ3n) is 4.63. The minimum atomic E-state index is -0.441. The van der Waals surface area contributed by atoms with E-state index in [9.17, 15) is 9.59 Å². The van der Waals surface area contributed by atoms with Crippen molar-refractivity contribution in [3.63, 3.8) is 0 Å². The number of hydrogen-bond donors (Lipinski definition) is 4. The van der Waals surface area contributed by atoms with Gasteiger partial charge in [0.2, 0.25) is 6.41 Å². The van der Waals surface area contributed by atoms with Gasteiger partial charge in [0.25, 0.3) is 0 Å². The van der Waals surface area contributed by atoms with Gasteiger partial charge in [0.15, 0.2) is 6.29 Å². The van der Waals surface area contributed by atoms with Crippen molar-refractivity contribution < 1.29 is 9.59 Å². The van der Waals surface area contributed by atoms with Crippen LogP contribution in [0.15, 0.2) is 65.9 Å². The molecule has 6 nitrogen and oxygen atoms in total. The van der Waals surface area contributed by atoms with E-state index in [2.05, 4.69) is 31.4 Å². The van der Waals surface area contributed by atoms with Crippen molar-refractivity contribution in [2.24, 2.45) is 11.7 Å². The van der Waals surface area contributed by atoms with E-state index in [-0.39, 0.29) is 11.4 Å². The first kappa shape index (κ1) is 24.8. The molecule has 160 valence electrons. The Bertz CT molecular complexity index is 843. The molecule has 30 heavy (non-hydrogen) atoms. The second-order valence-corrected chi connectivity index (χ2v) is 7.14. The van der Waals surface area contributed by atoms with Gasteiger partial charge in [-0.2, -0.15) is 0 Å². The number of nitrogens with two attached hydrogens (primary N) is 1. The lowest BCUT2D eigenvalue weighted by Gasteiger charge is -2.22. The highest BCUT2D eigenvalue weighted by Gasteiger charge is 2.23. The SMILES string of the molecule is CCC(C)C.CNC(/C(C(=N)c1ccccc1)=C(/N)C=O)c1ccc(NC=O)cc1. The Morgan fingerprint density at radius 3 is 2.07 bits per heavy atom. The first-order chi connectivity index (χ1) is 14.4. The maximum absolute atomic E-state index is 11.3. The molecule has 0 saturated heterocycles. The number of nitrogens with one attached hydrogen (secondary N) is 3. The molecule has 2 rings (SSSR count). The minimum absolute atomic E-state index is 0.00305. The van der Waals surface area contributed by atoms with Gasteiger partial charge in [-0.25, -0.2) is 0 Å². The molecular weight excluding hydrogens is 376 g/mol. The van der Waals surface area contributed by atoms with Gasteiger partial charge in [0.05, 0.1) is 17.5 Å². The molecule has 0 aliphatic heterocycles. The highest BCUT2D eigenvalue weighted by Crippen LogP contribution is 2.27. The van der Waals surface area contributed by atoms with E-state index in [0.29, 0.717) is 29.5 Å². The maximum atomic E-state index is 11.3. The first-order valence-corrected chi connectivity index (χ1v) is 9.96. The van der Waals surface area contributed by atoms with E-state index in [4.69, 9.17) is 11.1 Å². The van der Waals surface area contributed by atoms with Gasteiger partial charge in [0, 0.05) is 11.3 Å². The summed E-state index contributed by atoms with van der Waals surface area (Å²) in [7, 11) is 1.73. The molecular formula is C24H32N4O2. The molecule has 1 amide bonds. The Balaban J connectivity index is 0.000000804. The second kappa shape index (κ2) is 13.1. The molecule has 1 unspecified atom stereocenters. The summed E-state index contributed by atoms with van der Waals surface area (Å²) in [5.74, 6) is 0.884. The molecule has 0 saturated carbocycles. The quantitative estimate of drug-likeness (QED) is 0.285.